The summed E-state index contributed by atoms with van der Waals surface area (Å²) in [6.45, 7) is 4.64. The number of ether oxygens (including phenoxy) is 1. The summed E-state index contributed by atoms with van der Waals surface area (Å²) in [5.41, 5.74) is 2.65. The van der Waals surface area contributed by atoms with Crippen LogP contribution in [-0.2, 0) is 13.1 Å². The first kappa shape index (κ1) is 21.3. The predicted octanol–water partition coefficient (Wildman–Crippen LogP) is 2.79. The number of fused-ring (bicyclic) bond motifs is 2. The lowest BCUT2D eigenvalue weighted by Gasteiger charge is -2.14. The Kier molecular flexibility index (Phi) is 5.77. The molecule has 0 saturated carbocycles. The largest absolute Gasteiger partial charge is 0.497 e. The van der Waals surface area contributed by atoms with E-state index in [0.717, 1.165) is 23.3 Å². The molecule has 8 heteroatoms. The van der Waals surface area contributed by atoms with E-state index in [0.29, 0.717) is 29.8 Å². The van der Waals surface area contributed by atoms with Gasteiger partial charge in [0.25, 0.3) is 11.5 Å². The van der Waals surface area contributed by atoms with Crippen molar-refractivity contribution < 1.29 is 9.53 Å². The van der Waals surface area contributed by atoms with Crippen molar-refractivity contribution in [1.82, 2.24) is 19.3 Å². The van der Waals surface area contributed by atoms with Gasteiger partial charge in [-0.3, -0.25) is 19.4 Å². The van der Waals surface area contributed by atoms with Crippen LogP contribution in [0.4, 0.5) is 0 Å². The summed E-state index contributed by atoms with van der Waals surface area (Å²) in [5.74, 6) is 0.324. The van der Waals surface area contributed by atoms with Gasteiger partial charge in [-0.1, -0.05) is 25.1 Å². The average Bonchev–Trinajstić information content (AvgIpc) is 2.80. The first-order chi connectivity index (χ1) is 15.4. The van der Waals surface area contributed by atoms with Crippen LogP contribution < -0.4 is 21.1 Å². The lowest BCUT2D eigenvalue weighted by Crippen LogP contribution is -2.34. The van der Waals surface area contributed by atoms with E-state index >= 15 is 0 Å². The Morgan fingerprint density at radius 3 is 2.62 bits per heavy atom. The van der Waals surface area contributed by atoms with E-state index in [-0.39, 0.29) is 16.6 Å². The summed E-state index contributed by atoms with van der Waals surface area (Å²) in [6.07, 6.45) is 2.40. The Hall–Kier alpha value is -3.94. The zero-order valence-electron chi connectivity index (χ0n) is 18.3. The fraction of sp³-hybridized carbons (Fsp3) is 0.250. The Morgan fingerprint density at radius 2 is 1.94 bits per heavy atom. The fourth-order valence-corrected chi connectivity index (χ4v) is 3.73. The number of aromatic nitrogens is 3. The molecule has 1 amide bonds. The second kappa shape index (κ2) is 8.66. The van der Waals surface area contributed by atoms with E-state index < -0.39 is 5.91 Å². The minimum atomic E-state index is -0.411. The highest BCUT2D eigenvalue weighted by Gasteiger charge is 2.17. The second-order valence-electron chi connectivity index (χ2n) is 7.63. The molecule has 164 valence electrons. The van der Waals surface area contributed by atoms with Crippen LogP contribution in [0, 0.1) is 12.3 Å². The van der Waals surface area contributed by atoms with Crippen molar-refractivity contribution in [2.45, 2.75) is 33.4 Å². The Morgan fingerprint density at radius 1 is 1.19 bits per heavy atom. The van der Waals surface area contributed by atoms with Crippen molar-refractivity contribution in [1.29, 1.82) is 5.41 Å². The molecular formula is C24H25N5O3. The van der Waals surface area contributed by atoms with Crippen molar-refractivity contribution >= 4 is 22.6 Å². The molecule has 4 rings (SSSR count). The van der Waals surface area contributed by atoms with Crippen LogP contribution in [-0.4, -0.2) is 27.0 Å². The molecule has 0 fully saturated rings. The number of nitrogens with one attached hydrogen (secondary N) is 2. The van der Waals surface area contributed by atoms with E-state index in [1.165, 1.54) is 10.5 Å². The zero-order valence-corrected chi connectivity index (χ0v) is 18.3. The van der Waals surface area contributed by atoms with Crippen LogP contribution in [0.25, 0.3) is 16.7 Å². The van der Waals surface area contributed by atoms with Gasteiger partial charge >= 0.3 is 0 Å². The number of nitrogens with zero attached hydrogens (tertiary/aromatic N) is 3. The topological polar surface area (TPSA) is 101 Å². The van der Waals surface area contributed by atoms with Gasteiger partial charge in [0.2, 0.25) is 0 Å². The summed E-state index contributed by atoms with van der Waals surface area (Å²) in [5, 5.41) is 11.8. The second-order valence-corrected chi connectivity index (χ2v) is 7.63. The molecule has 8 nitrogen and oxygen atoms in total. The summed E-state index contributed by atoms with van der Waals surface area (Å²) < 4.78 is 8.28. The minimum absolute atomic E-state index is 0.0383. The van der Waals surface area contributed by atoms with Gasteiger partial charge in [0.15, 0.2) is 0 Å². The molecule has 2 N–H and O–H groups in total. The predicted molar refractivity (Wildman–Crippen MR) is 122 cm³/mol. The molecule has 0 spiro atoms. The molecule has 0 unspecified atom stereocenters. The number of rotatable bonds is 6. The average molecular weight is 431 g/mol. The van der Waals surface area contributed by atoms with Crippen molar-refractivity contribution in [3.8, 4) is 5.75 Å². The highest BCUT2D eigenvalue weighted by molar-refractivity contribution is 5.96. The molecule has 0 radical (unpaired) electrons. The van der Waals surface area contributed by atoms with E-state index in [1.807, 2.05) is 44.2 Å². The first-order valence-corrected chi connectivity index (χ1v) is 10.5. The first-order valence-electron chi connectivity index (χ1n) is 10.5. The van der Waals surface area contributed by atoms with Crippen LogP contribution in [0.3, 0.4) is 0 Å². The van der Waals surface area contributed by atoms with Gasteiger partial charge in [-0.2, -0.15) is 0 Å². The van der Waals surface area contributed by atoms with Crippen LogP contribution in [0.15, 0.2) is 53.5 Å². The number of hydrogen-bond acceptors (Lipinski definition) is 5. The maximum Gasteiger partial charge on any atom is 0.267 e. The number of carbonyl (C=O) groups excluding carboxylic acids is 1. The summed E-state index contributed by atoms with van der Waals surface area (Å²) in [4.78, 5) is 30.9. The van der Waals surface area contributed by atoms with Crippen LogP contribution in [0.1, 0.15) is 34.8 Å². The third kappa shape index (κ3) is 3.75. The maximum absolute atomic E-state index is 13.2. The van der Waals surface area contributed by atoms with E-state index in [4.69, 9.17) is 15.1 Å². The monoisotopic (exact) mass is 431 g/mol. The van der Waals surface area contributed by atoms with Crippen molar-refractivity contribution in [3.05, 3.63) is 81.2 Å². The van der Waals surface area contributed by atoms with Crippen molar-refractivity contribution in [2.75, 3.05) is 7.11 Å². The van der Waals surface area contributed by atoms with Crippen LogP contribution in [0.2, 0.25) is 0 Å². The number of benzene rings is 1. The molecule has 1 aromatic carbocycles. The highest BCUT2D eigenvalue weighted by Crippen LogP contribution is 2.14. The Bertz CT molecular complexity index is 1440. The molecule has 0 aliphatic rings. The molecule has 3 heterocycles. The lowest BCUT2D eigenvalue weighted by atomic mass is 10.1. The number of carbonyl (C=O) groups is 1. The van der Waals surface area contributed by atoms with Gasteiger partial charge < -0.3 is 14.6 Å². The van der Waals surface area contributed by atoms with E-state index in [2.05, 4.69) is 5.32 Å². The summed E-state index contributed by atoms with van der Waals surface area (Å²) in [6, 6.07) is 12.5. The Labute approximate surface area is 184 Å². The van der Waals surface area contributed by atoms with Crippen molar-refractivity contribution in [3.63, 3.8) is 0 Å². The highest BCUT2D eigenvalue weighted by atomic mass is 16.5. The van der Waals surface area contributed by atoms with E-state index in [1.54, 1.807) is 23.9 Å². The van der Waals surface area contributed by atoms with Crippen LogP contribution >= 0.6 is 0 Å². The number of aryl methyl sites for hydroxylation is 2. The number of pyridine rings is 2. The van der Waals surface area contributed by atoms with Crippen LogP contribution in [0.5, 0.6) is 5.75 Å². The summed E-state index contributed by atoms with van der Waals surface area (Å²) >= 11 is 0. The quantitative estimate of drug-likeness (QED) is 0.458. The van der Waals surface area contributed by atoms with Gasteiger partial charge in [-0.25, -0.2) is 4.98 Å². The zero-order chi connectivity index (χ0) is 22.8. The molecule has 0 atom stereocenters. The third-order valence-corrected chi connectivity index (χ3v) is 5.44. The standard InChI is InChI=1S/C24H25N5O3/c1-4-11-28-20(25)18(23(30)26-14-16-7-9-17(32-3)10-8-16)13-19-22(28)27-21-15(2)6-5-12-29(21)24(19)31/h5-10,12-13,25H,4,11,14H2,1-3H3,(H,26,30). The SMILES string of the molecule is CCCn1c(=N)c(C(=O)NCc2ccc(OC)cc2)cc2c(=O)n3cccc(C)c3nc21. The molecular weight excluding hydrogens is 406 g/mol. The smallest absolute Gasteiger partial charge is 0.267 e. The normalized spacial score (nSPS) is 11.1. The van der Waals surface area contributed by atoms with Gasteiger partial charge in [0.05, 0.1) is 18.1 Å². The number of amides is 1. The third-order valence-electron chi connectivity index (χ3n) is 5.44. The Balaban J connectivity index is 1.80. The molecule has 0 saturated heterocycles. The van der Waals surface area contributed by atoms with E-state index in [9.17, 15) is 9.59 Å². The number of hydrogen-bond donors (Lipinski definition) is 2. The van der Waals surface area contributed by atoms with Gasteiger partial charge in [0.1, 0.15) is 22.5 Å². The molecule has 4 aromatic rings. The molecule has 3 aromatic heterocycles. The van der Waals surface area contributed by atoms with Gasteiger partial charge in [-0.15, -0.1) is 0 Å². The fourth-order valence-electron chi connectivity index (χ4n) is 3.73. The lowest BCUT2D eigenvalue weighted by molar-refractivity contribution is 0.0948. The minimum Gasteiger partial charge on any atom is -0.497 e. The van der Waals surface area contributed by atoms with Gasteiger partial charge in [0, 0.05) is 19.3 Å². The molecule has 0 aliphatic heterocycles. The molecule has 0 bridgehead atoms. The maximum atomic E-state index is 13.2. The van der Waals surface area contributed by atoms with Crippen molar-refractivity contribution in [2.24, 2.45) is 0 Å². The summed E-state index contributed by atoms with van der Waals surface area (Å²) in [7, 11) is 1.60. The van der Waals surface area contributed by atoms with Gasteiger partial charge in [-0.05, 0) is 48.7 Å². The molecule has 32 heavy (non-hydrogen) atoms. The molecule has 0 aliphatic carbocycles. The number of methoxy groups -OCH3 is 1.